The SMILES string of the molecule is COCCC1(CNCc2nncn2C)CC1. The van der Waals surface area contributed by atoms with E-state index in [4.69, 9.17) is 4.74 Å². The van der Waals surface area contributed by atoms with Gasteiger partial charge in [-0.05, 0) is 24.7 Å². The van der Waals surface area contributed by atoms with Crippen LogP contribution in [0.25, 0.3) is 0 Å². The van der Waals surface area contributed by atoms with E-state index in [1.54, 1.807) is 13.4 Å². The van der Waals surface area contributed by atoms with Gasteiger partial charge in [-0.15, -0.1) is 10.2 Å². The van der Waals surface area contributed by atoms with Crippen LogP contribution in [-0.2, 0) is 18.3 Å². The summed E-state index contributed by atoms with van der Waals surface area (Å²) in [6.07, 6.45) is 5.54. The summed E-state index contributed by atoms with van der Waals surface area (Å²) < 4.78 is 7.08. The minimum Gasteiger partial charge on any atom is -0.385 e. The van der Waals surface area contributed by atoms with Crippen molar-refractivity contribution in [2.45, 2.75) is 25.8 Å². The number of hydrogen-bond donors (Lipinski definition) is 1. The van der Waals surface area contributed by atoms with Gasteiger partial charge in [0.1, 0.15) is 12.2 Å². The normalized spacial score (nSPS) is 17.6. The van der Waals surface area contributed by atoms with Crippen LogP contribution in [0.3, 0.4) is 0 Å². The molecule has 5 nitrogen and oxygen atoms in total. The summed E-state index contributed by atoms with van der Waals surface area (Å²) in [6.45, 7) is 2.72. The average molecular weight is 224 g/mol. The summed E-state index contributed by atoms with van der Waals surface area (Å²) in [5.74, 6) is 0.988. The Bertz CT molecular complexity index is 332. The summed E-state index contributed by atoms with van der Waals surface area (Å²) in [7, 11) is 3.73. The van der Waals surface area contributed by atoms with Crippen molar-refractivity contribution in [3.63, 3.8) is 0 Å². The molecule has 0 atom stereocenters. The molecule has 90 valence electrons. The van der Waals surface area contributed by atoms with Crippen LogP contribution in [0.15, 0.2) is 6.33 Å². The second-order valence-electron chi connectivity index (χ2n) is 4.70. The van der Waals surface area contributed by atoms with Gasteiger partial charge in [0.15, 0.2) is 0 Å². The summed E-state index contributed by atoms with van der Waals surface area (Å²) in [5, 5.41) is 11.4. The average Bonchev–Trinajstić information content (AvgIpc) is 2.94. The molecule has 1 N–H and O–H groups in total. The molecule has 16 heavy (non-hydrogen) atoms. The minimum absolute atomic E-state index is 0.495. The van der Waals surface area contributed by atoms with Crippen LogP contribution in [0.2, 0.25) is 0 Å². The Hall–Kier alpha value is -0.940. The highest BCUT2D eigenvalue weighted by molar-refractivity contribution is 4.95. The molecule has 0 saturated heterocycles. The van der Waals surface area contributed by atoms with Crippen LogP contribution in [0.1, 0.15) is 25.1 Å². The van der Waals surface area contributed by atoms with E-state index < -0.39 is 0 Å². The van der Waals surface area contributed by atoms with Crippen molar-refractivity contribution in [1.82, 2.24) is 20.1 Å². The van der Waals surface area contributed by atoms with E-state index in [9.17, 15) is 0 Å². The third-order valence-corrected chi connectivity index (χ3v) is 3.38. The van der Waals surface area contributed by atoms with Crippen LogP contribution in [0.4, 0.5) is 0 Å². The van der Waals surface area contributed by atoms with E-state index in [0.29, 0.717) is 5.41 Å². The maximum absolute atomic E-state index is 5.13. The van der Waals surface area contributed by atoms with Crippen LogP contribution in [-0.4, -0.2) is 35.0 Å². The number of rotatable bonds is 7. The predicted molar refractivity (Wildman–Crippen MR) is 60.9 cm³/mol. The van der Waals surface area contributed by atoms with E-state index in [2.05, 4.69) is 15.5 Å². The van der Waals surface area contributed by atoms with Gasteiger partial charge in [0.05, 0.1) is 6.54 Å². The smallest absolute Gasteiger partial charge is 0.146 e. The van der Waals surface area contributed by atoms with Crippen molar-refractivity contribution < 1.29 is 4.74 Å². The summed E-state index contributed by atoms with van der Waals surface area (Å²) >= 11 is 0. The molecule has 1 aliphatic rings. The van der Waals surface area contributed by atoms with Gasteiger partial charge in [-0.3, -0.25) is 0 Å². The van der Waals surface area contributed by atoms with Gasteiger partial charge in [-0.25, -0.2) is 0 Å². The maximum atomic E-state index is 5.13. The summed E-state index contributed by atoms with van der Waals surface area (Å²) in [6, 6.07) is 0. The van der Waals surface area contributed by atoms with Gasteiger partial charge in [-0.1, -0.05) is 0 Å². The second-order valence-corrected chi connectivity index (χ2v) is 4.70. The first kappa shape index (κ1) is 11.5. The Morgan fingerprint density at radius 3 is 2.94 bits per heavy atom. The van der Waals surface area contributed by atoms with Crippen LogP contribution >= 0.6 is 0 Å². The molecule has 5 heteroatoms. The standard InChI is InChI=1S/C11H20N4O/c1-15-9-13-14-10(15)7-12-8-11(3-4-11)5-6-16-2/h9,12H,3-8H2,1-2H3. The number of nitrogens with zero attached hydrogens (tertiary/aromatic N) is 3. The van der Waals surface area contributed by atoms with Crippen LogP contribution in [0, 0.1) is 5.41 Å². The van der Waals surface area contributed by atoms with Crippen molar-refractivity contribution in [3.05, 3.63) is 12.2 Å². The quantitative estimate of drug-likeness (QED) is 0.741. The Kier molecular flexibility index (Phi) is 3.56. The highest BCUT2D eigenvalue weighted by Gasteiger charge is 2.41. The van der Waals surface area contributed by atoms with Gasteiger partial charge in [0.25, 0.3) is 0 Å². The molecular formula is C11H20N4O. The van der Waals surface area contributed by atoms with Gasteiger partial charge >= 0.3 is 0 Å². The van der Waals surface area contributed by atoms with Crippen molar-refractivity contribution in [1.29, 1.82) is 0 Å². The van der Waals surface area contributed by atoms with E-state index >= 15 is 0 Å². The van der Waals surface area contributed by atoms with E-state index in [1.807, 2.05) is 11.6 Å². The molecular weight excluding hydrogens is 204 g/mol. The molecule has 2 rings (SSSR count). The first-order chi connectivity index (χ1) is 7.76. The molecule has 1 aromatic heterocycles. The summed E-state index contributed by atoms with van der Waals surface area (Å²) in [5.41, 5.74) is 0.495. The highest BCUT2D eigenvalue weighted by atomic mass is 16.5. The Labute approximate surface area is 96.2 Å². The third-order valence-electron chi connectivity index (χ3n) is 3.38. The number of ether oxygens (including phenoxy) is 1. The molecule has 0 radical (unpaired) electrons. The Morgan fingerprint density at radius 2 is 2.38 bits per heavy atom. The van der Waals surface area contributed by atoms with E-state index in [0.717, 1.165) is 31.9 Å². The van der Waals surface area contributed by atoms with Gasteiger partial charge in [0.2, 0.25) is 0 Å². The van der Waals surface area contributed by atoms with E-state index in [1.165, 1.54) is 12.8 Å². The fourth-order valence-corrected chi connectivity index (χ4v) is 1.92. The predicted octanol–water partition coefficient (Wildman–Crippen LogP) is 0.721. The molecule has 0 bridgehead atoms. The number of aromatic nitrogens is 3. The molecule has 1 fully saturated rings. The topological polar surface area (TPSA) is 52.0 Å². The maximum Gasteiger partial charge on any atom is 0.146 e. The monoisotopic (exact) mass is 224 g/mol. The number of aryl methyl sites for hydroxylation is 1. The van der Waals surface area contributed by atoms with Crippen molar-refractivity contribution >= 4 is 0 Å². The molecule has 0 unspecified atom stereocenters. The van der Waals surface area contributed by atoms with Gasteiger partial charge < -0.3 is 14.6 Å². The van der Waals surface area contributed by atoms with Crippen LogP contribution < -0.4 is 5.32 Å². The largest absolute Gasteiger partial charge is 0.385 e. The van der Waals surface area contributed by atoms with Crippen LogP contribution in [0.5, 0.6) is 0 Å². The molecule has 1 heterocycles. The lowest BCUT2D eigenvalue weighted by Gasteiger charge is -2.15. The first-order valence-electron chi connectivity index (χ1n) is 5.78. The molecule has 0 aromatic carbocycles. The van der Waals surface area contributed by atoms with Gasteiger partial charge in [-0.2, -0.15) is 0 Å². The fourth-order valence-electron chi connectivity index (χ4n) is 1.92. The number of methoxy groups -OCH3 is 1. The molecule has 1 saturated carbocycles. The second kappa shape index (κ2) is 4.93. The zero-order valence-electron chi connectivity index (χ0n) is 10.1. The van der Waals surface area contributed by atoms with E-state index in [-0.39, 0.29) is 0 Å². The van der Waals surface area contributed by atoms with Crippen molar-refractivity contribution in [3.8, 4) is 0 Å². The molecule has 0 amide bonds. The molecule has 0 aliphatic heterocycles. The van der Waals surface area contributed by atoms with Gasteiger partial charge in [0, 0.05) is 27.3 Å². The lowest BCUT2D eigenvalue weighted by molar-refractivity contribution is 0.171. The van der Waals surface area contributed by atoms with Crippen molar-refractivity contribution in [2.75, 3.05) is 20.3 Å². The third kappa shape index (κ3) is 2.80. The number of nitrogens with one attached hydrogen (secondary N) is 1. The Morgan fingerprint density at radius 1 is 1.56 bits per heavy atom. The molecule has 1 aromatic rings. The lowest BCUT2D eigenvalue weighted by atomic mass is 10.0. The molecule has 0 spiro atoms. The number of hydrogen-bond acceptors (Lipinski definition) is 4. The highest BCUT2D eigenvalue weighted by Crippen LogP contribution is 2.48. The van der Waals surface area contributed by atoms with Crippen molar-refractivity contribution in [2.24, 2.45) is 12.5 Å². The fraction of sp³-hybridized carbons (Fsp3) is 0.818. The Balaban J connectivity index is 1.70. The summed E-state index contributed by atoms with van der Waals surface area (Å²) in [4.78, 5) is 0. The molecule has 1 aliphatic carbocycles. The first-order valence-corrected chi connectivity index (χ1v) is 5.78. The zero-order chi connectivity index (χ0) is 11.4. The minimum atomic E-state index is 0.495. The zero-order valence-corrected chi connectivity index (χ0v) is 10.1. The lowest BCUT2D eigenvalue weighted by Crippen LogP contribution is -2.25.